The Kier molecular flexibility index (Phi) is 5.51. The number of ether oxygens (including phenoxy) is 2. The number of hydrogen-bond acceptors (Lipinski definition) is 3. The lowest BCUT2D eigenvalue weighted by molar-refractivity contribution is -0.173. The fourth-order valence-corrected chi connectivity index (χ4v) is 1.65. The van der Waals surface area contributed by atoms with E-state index in [0.29, 0.717) is 19.0 Å². The summed E-state index contributed by atoms with van der Waals surface area (Å²) in [6.07, 6.45) is -2.48. The van der Waals surface area contributed by atoms with Crippen LogP contribution in [0.1, 0.15) is 19.8 Å². The third-order valence-electron chi connectivity index (χ3n) is 2.51. The van der Waals surface area contributed by atoms with Gasteiger partial charge in [0.2, 0.25) is 0 Å². The Labute approximate surface area is 93.3 Å². The molecule has 0 aromatic heterocycles. The van der Waals surface area contributed by atoms with Gasteiger partial charge in [-0.15, -0.1) is 0 Å². The van der Waals surface area contributed by atoms with Crippen LogP contribution >= 0.6 is 0 Å². The zero-order chi connectivity index (χ0) is 12.0. The molecule has 0 aliphatic carbocycles. The van der Waals surface area contributed by atoms with Gasteiger partial charge in [-0.25, -0.2) is 0 Å². The highest BCUT2D eigenvalue weighted by Gasteiger charge is 2.27. The normalized spacial score (nSPS) is 26.2. The molecule has 96 valence electrons. The Balaban J connectivity index is 1.92. The molecule has 0 saturated carbocycles. The smallest absolute Gasteiger partial charge is 0.377 e. The molecule has 1 heterocycles. The van der Waals surface area contributed by atoms with E-state index >= 15 is 0 Å². The first-order valence-electron chi connectivity index (χ1n) is 5.48. The zero-order valence-electron chi connectivity index (χ0n) is 9.35. The van der Waals surface area contributed by atoms with Gasteiger partial charge in [0.25, 0.3) is 0 Å². The van der Waals surface area contributed by atoms with E-state index in [9.17, 15) is 13.2 Å². The third-order valence-corrected chi connectivity index (χ3v) is 2.51. The highest BCUT2D eigenvalue weighted by atomic mass is 19.4. The van der Waals surface area contributed by atoms with Crippen LogP contribution in [0.5, 0.6) is 0 Å². The van der Waals surface area contributed by atoms with Crippen LogP contribution in [0.15, 0.2) is 0 Å². The molecule has 3 nitrogen and oxygen atoms in total. The SMILES string of the molecule is CC1OCCC1NCCCOCC(F)(F)F. The van der Waals surface area contributed by atoms with Crippen molar-refractivity contribution in [1.82, 2.24) is 5.32 Å². The Morgan fingerprint density at radius 1 is 1.44 bits per heavy atom. The molecule has 0 aromatic carbocycles. The van der Waals surface area contributed by atoms with E-state index in [1.165, 1.54) is 0 Å². The monoisotopic (exact) mass is 241 g/mol. The molecule has 2 unspecified atom stereocenters. The molecule has 16 heavy (non-hydrogen) atoms. The second-order valence-corrected chi connectivity index (χ2v) is 3.95. The summed E-state index contributed by atoms with van der Waals surface area (Å²) in [7, 11) is 0. The summed E-state index contributed by atoms with van der Waals surface area (Å²) in [5.74, 6) is 0. The first-order valence-corrected chi connectivity index (χ1v) is 5.48. The molecule has 0 bridgehead atoms. The molecule has 1 aliphatic rings. The number of nitrogens with one attached hydrogen (secondary N) is 1. The summed E-state index contributed by atoms with van der Waals surface area (Å²) in [5, 5.41) is 3.24. The average Bonchev–Trinajstić information content (AvgIpc) is 2.56. The van der Waals surface area contributed by atoms with Gasteiger partial charge < -0.3 is 14.8 Å². The predicted molar refractivity (Wildman–Crippen MR) is 53.3 cm³/mol. The van der Waals surface area contributed by atoms with Crippen molar-refractivity contribution >= 4 is 0 Å². The molecule has 0 aromatic rings. The highest BCUT2D eigenvalue weighted by molar-refractivity contribution is 4.78. The van der Waals surface area contributed by atoms with Gasteiger partial charge in [-0.05, 0) is 26.3 Å². The van der Waals surface area contributed by atoms with Crippen LogP contribution in [-0.4, -0.2) is 44.7 Å². The fraction of sp³-hybridized carbons (Fsp3) is 1.00. The molecule has 1 N–H and O–H groups in total. The molecule has 1 rings (SSSR count). The van der Waals surface area contributed by atoms with E-state index in [1.807, 2.05) is 6.92 Å². The second-order valence-electron chi connectivity index (χ2n) is 3.95. The van der Waals surface area contributed by atoms with Crippen LogP contribution in [0.3, 0.4) is 0 Å². The second kappa shape index (κ2) is 6.42. The molecule has 1 saturated heterocycles. The summed E-state index contributed by atoms with van der Waals surface area (Å²) in [6, 6.07) is 0.322. The van der Waals surface area contributed by atoms with Crippen molar-refractivity contribution in [1.29, 1.82) is 0 Å². The van der Waals surface area contributed by atoms with Gasteiger partial charge in [-0.2, -0.15) is 13.2 Å². The van der Waals surface area contributed by atoms with Crippen molar-refractivity contribution in [2.75, 3.05) is 26.4 Å². The molecule has 6 heteroatoms. The summed E-state index contributed by atoms with van der Waals surface area (Å²) in [4.78, 5) is 0. The van der Waals surface area contributed by atoms with Crippen LogP contribution in [0.25, 0.3) is 0 Å². The third kappa shape index (κ3) is 5.67. The maximum Gasteiger partial charge on any atom is 0.411 e. The first kappa shape index (κ1) is 13.7. The lowest BCUT2D eigenvalue weighted by Crippen LogP contribution is -2.35. The van der Waals surface area contributed by atoms with Crippen molar-refractivity contribution in [3.8, 4) is 0 Å². The van der Waals surface area contributed by atoms with Gasteiger partial charge in [-0.3, -0.25) is 0 Å². The first-order chi connectivity index (χ1) is 7.49. The summed E-state index contributed by atoms with van der Waals surface area (Å²) < 4.78 is 45.0. The zero-order valence-corrected chi connectivity index (χ0v) is 9.35. The standard InChI is InChI=1S/C10H18F3NO2/c1-8-9(3-6-16-8)14-4-2-5-15-7-10(11,12)13/h8-9,14H,2-7H2,1H3. The Hall–Kier alpha value is -0.330. The van der Waals surface area contributed by atoms with E-state index in [2.05, 4.69) is 10.1 Å². The summed E-state index contributed by atoms with van der Waals surface area (Å²) >= 11 is 0. The molecule has 1 aliphatic heterocycles. The van der Waals surface area contributed by atoms with Gasteiger partial charge in [0, 0.05) is 19.3 Å². The van der Waals surface area contributed by atoms with Crippen LogP contribution < -0.4 is 5.32 Å². The van der Waals surface area contributed by atoms with Gasteiger partial charge in [0.05, 0.1) is 6.10 Å². The number of alkyl halides is 3. The summed E-state index contributed by atoms with van der Waals surface area (Å²) in [6.45, 7) is 2.38. The van der Waals surface area contributed by atoms with Crippen LogP contribution in [0, 0.1) is 0 Å². The molecule has 0 amide bonds. The largest absolute Gasteiger partial charge is 0.411 e. The van der Waals surface area contributed by atoms with Crippen LogP contribution in [0.2, 0.25) is 0 Å². The van der Waals surface area contributed by atoms with E-state index < -0.39 is 12.8 Å². The Bertz CT molecular complexity index is 199. The van der Waals surface area contributed by atoms with Crippen molar-refractivity contribution in [3.63, 3.8) is 0 Å². The number of rotatable bonds is 6. The topological polar surface area (TPSA) is 30.5 Å². The molecular weight excluding hydrogens is 223 g/mol. The van der Waals surface area contributed by atoms with Crippen molar-refractivity contribution in [2.24, 2.45) is 0 Å². The van der Waals surface area contributed by atoms with Crippen molar-refractivity contribution < 1.29 is 22.6 Å². The molecule has 1 fully saturated rings. The van der Waals surface area contributed by atoms with Gasteiger partial charge in [0.1, 0.15) is 6.61 Å². The van der Waals surface area contributed by atoms with E-state index in [-0.39, 0.29) is 12.7 Å². The van der Waals surface area contributed by atoms with E-state index in [0.717, 1.165) is 13.0 Å². The maximum absolute atomic E-state index is 11.7. The van der Waals surface area contributed by atoms with Crippen molar-refractivity contribution in [2.45, 2.75) is 38.1 Å². The Morgan fingerprint density at radius 3 is 2.75 bits per heavy atom. The van der Waals surface area contributed by atoms with Crippen LogP contribution in [0.4, 0.5) is 13.2 Å². The fourth-order valence-electron chi connectivity index (χ4n) is 1.65. The van der Waals surface area contributed by atoms with Gasteiger partial charge in [0.15, 0.2) is 0 Å². The molecular formula is C10H18F3NO2. The minimum Gasteiger partial charge on any atom is -0.377 e. The van der Waals surface area contributed by atoms with Gasteiger partial charge in [-0.1, -0.05) is 0 Å². The quantitative estimate of drug-likeness (QED) is 0.718. The summed E-state index contributed by atoms with van der Waals surface area (Å²) in [5.41, 5.74) is 0. The molecule has 0 radical (unpaired) electrons. The van der Waals surface area contributed by atoms with Crippen molar-refractivity contribution in [3.05, 3.63) is 0 Å². The lowest BCUT2D eigenvalue weighted by Gasteiger charge is -2.15. The molecule has 2 atom stereocenters. The minimum atomic E-state index is -4.22. The number of hydrogen-bond donors (Lipinski definition) is 1. The predicted octanol–water partition coefficient (Wildman–Crippen LogP) is 1.72. The highest BCUT2D eigenvalue weighted by Crippen LogP contribution is 2.14. The lowest BCUT2D eigenvalue weighted by atomic mass is 10.1. The van der Waals surface area contributed by atoms with Crippen LogP contribution in [-0.2, 0) is 9.47 Å². The van der Waals surface area contributed by atoms with E-state index in [4.69, 9.17) is 4.74 Å². The average molecular weight is 241 g/mol. The maximum atomic E-state index is 11.7. The number of halogens is 3. The van der Waals surface area contributed by atoms with Gasteiger partial charge >= 0.3 is 6.18 Å². The Morgan fingerprint density at radius 2 is 2.19 bits per heavy atom. The molecule has 0 spiro atoms. The minimum absolute atomic E-state index is 0.133. The van der Waals surface area contributed by atoms with E-state index in [1.54, 1.807) is 0 Å².